The van der Waals surface area contributed by atoms with E-state index in [-0.39, 0.29) is 5.91 Å². The molecule has 2 rings (SSSR count). The second kappa shape index (κ2) is 13.0. The number of rotatable bonds is 12. The van der Waals surface area contributed by atoms with Crippen LogP contribution >= 0.6 is 11.8 Å². The lowest BCUT2D eigenvalue weighted by atomic mass is 10.1. The van der Waals surface area contributed by atoms with E-state index in [9.17, 15) is 4.79 Å². The van der Waals surface area contributed by atoms with E-state index in [0.717, 1.165) is 30.9 Å². The molecule has 1 aromatic rings. The topological polar surface area (TPSA) is 67.6 Å². The summed E-state index contributed by atoms with van der Waals surface area (Å²) in [7, 11) is 0. The van der Waals surface area contributed by atoms with Gasteiger partial charge in [-0.25, -0.2) is 0 Å². The summed E-state index contributed by atoms with van der Waals surface area (Å²) in [6.45, 7) is 5.45. The Hall–Kier alpha value is -1.24. The van der Waals surface area contributed by atoms with E-state index >= 15 is 0 Å². The quantitative estimate of drug-likeness (QED) is 0.547. The van der Waals surface area contributed by atoms with Crippen LogP contribution in [0.3, 0.4) is 0 Å². The monoisotopic (exact) mass is 379 g/mol. The van der Waals surface area contributed by atoms with Crippen LogP contribution in [0, 0.1) is 0 Å². The molecule has 0 atom stereocenters. The van der Waals surface area contributed by atoms with Gasteiger partial charge in [-0.1, -0.05) is 18.6 Å². The summed E-state index contributed by atoms with van der Waals surface area (Å²) in [6.07, 6.45) is 5.87. The summed E-state index contributed by atoms with van der Waals surface area (Å²) in [5.41, 5.74) is 6.73. The van der Waals surface area contributed by atoms with Crippen LogP contribution < -0.4 is 15.8 Å². The van der Waals surface area contributed by atoms with Crippen molar-refractivity contribution in [1.82, 2.24) is 10.2 Å². The van der Waals surface area contributed by atoms with Crippen LogP contribution in [0.25, 0.3) is 0 Å². The highest BCUT2D eigenvalue weighted by atomic mass is 32.2. The number of nitrogens with zero attached hydrogens (tertiary/aromatic N) is 1. The van der Waals surface area contributed by atoms with Gasteiger partial charge < -0.3 is 15.8 Å². The van der Waals surface area contributed by atoms with E-state index in [1.807, 2.05) is 6.07 Å². The number of piperidine rings is 1. The van der Waals surface area contributed by atoms with Crippen molar-refractivity contribution in [3.63, 3.8) is 0 Å². The van der Waals surface area contributed by atoms with E-state index in [2.05, 4.69) is 28.4 Å². The lowest BCUT2D eigenvalue weighted by molar-refractivity contribution is -0.118. The Kier molecular flexibility index (Phi) is 10.5. The zero-order chi connectivity index (χ0) is 18.5. The number of ether oxygens (including phenoxy) is 1. The van der Waals surface area contributed by atoms with Crippen molar-refractivity contribution in [2.75, 3.05) is 44.3 Å². The maximum atomic E-state index is 11.6. The Morgan fingerprint density at radius 3 is 2.88 bits per heavy atom. The van der Waals surface area contributed by atoms with Gasteiger partial charge in [0.2, 0.25) is 5.91 Å². The number of hydrogen-bond donors (Lipinski definition) is 2. The molecule has 1 amide bonds. The van der Waals surface area contributed by atoms with Crippen molar-refractivity contribution >= 4 is 17.7 Å². The van der Waals surface area contributed by atoms with Gasteiger partial charge in [0.1, 0.15) is 5.75 Å². The number of unbranched alkanes of at least 4 members (excludes halogenated alkanes) is 1. The van der Waals surface area contributed by atoms with E-state index < -0.39 is 0 Å². The molecule has 1 heterocycles. The Morgan fingerprint density at radius 1 is 1.23 bits per heavy atom. The van der Waals surface area contributed by atoms with Gasteiger partial charge in [0.15, 0.2) is 0 Å². The third-order valence-corrected chi connectivity index (χ3v) is 5.40. The fraction of sp³-hybridized carbons (Fsp3) is 0.650. The minimum absolute atomic E-state index is 0.0924. The fourth-order valence-corrected chi connectivity index (χ4v) is 3.65. The lowest BCUT2D eigenvalue weighted by Crippen LogP contribution is -2.29. The molecule has 0 unspecified atom stereocenters. The first-order valence-electron chi connectivity index (χ1n) is 9.76. The number of thioether (sulfide) groups is 1. The van der Waals surface area contributed by atoms with Crippen molar-refractivity contribution in [1.29, 1.82) is 0 Å². The van der Waals surface area contributed by atoms with Gasteiger partial charge in [0.25, 0.3) is 0 Å². The third kappa shape index (κ3) is 8.92. The van der Waals surface area contributed by atoms with Crippen LogP contribution in [-0.2, 0) is 11.3 Å². The van der Waals surface area contributed by atoms with Crippen molar-refractivity contribution in [3.8, 4) is 5.75 Å². The standard InChI is InChI=1S/C20H33N3O2S/c21-9-14-26-17-20(24)22-10-2-5-13-25-19-8-6-7-18(15-19)16-23-11-3-1-4-12-23/h6-8,15H,1-5,9-14,16-17,21H2,(H,22,24). The van der Waals surface area contributed by atoms with Gasteiger partial charge in [-0.15, -0.1) is 0 Å². The van der Waals surface area contributed by atoms with Gasteiger partial charge in [-0.2, -0.15) is 11.8 Å². The molecule has 5 nitrogen and oxygen atoms in total. The highest BCUT2D eigenvalue weighted by Gasteiger charge is 2.10. The summed E-state index contributed by atoms with van der Waals surface area (Å²) < 4.78 is 5.87. The zero-order valence-corrected chi connectivity index (χ0v) is 16.6. The first-order valence-corrected chi connectivity index (χ1v) is 10.9. The van der Waals surface area contributed by atoms with Crippen molar-refractivity contribution in [2.24, 2.45) is 5.73 Å². The summed E-state index contributed by atoms with van der Waals surface area (Å²) >= 11 is 1.58. The minimum atomic E-state index is 0.0924. The normalized spacial score (nSPS) is 15.0. The van der Waals surface area contributed by atoms with Gasteiger partial charge in [0.05, 0.1) is 12.4 Å². The molecule has 26 heavy (non-hydrogen) atoms. The molecule has 1 aliphatic heterocycles. The zero-order valence-electron chi connectivity index (χ0n) is 15.8. The van der Waals surface area contributed by atoms with E-state index in [1.54, 1.807) is 11.8 Å². The molecule has 0 spiro atoms. The second-order valence-corrected chi connectivity index (χ2v) is 7.84. The number of nitrogens with one attached hydrogen (secondary N) is 1. The predicted molar refractivity (Wildman–Crippen MR) is 110 cm³/mol. The molecule has 3 N–H and O–H groups in total. The maximum absolute atomic E-state index is 11.6. The van der Waals surface area contributed by atoms with Gasteiger partial charge >= 0.3 is 0 Å². The summed E-state index contributed by atoms with van der Waals surface area (Å²) in [6, 6.07) is 8.44. The molecule has 1 aliphatic rings. The van der Waals surface area contributed by atoms with Gasteiger partial charge in [-0.05, 0) is 56.5 Å². The lowest BCUT2D eigenvalue weighted by Gasteiger charge is -2.26. The van der Waals surface area contributed by atoms with E-state index in [4.69, 9.17) is 10.5 Å². The van der Waals surface area contributed by atoms with Crippen LogP contribution in [0.4, 0.5) is 0 Å². The molecule has 6 heteroatoms. The van der Waals surface area contributed by atoms with Crippen LogP contribution in [-0.4, -0.2) is 55.1 Å². The fourth-order valence-electron chi connectivity index (χ4n) is 3.05. The largest absolute Gasteiger partial charge is 0.494 e. The number of likely N-dealkylation sites (tertiary alicyclic amines) is 1. The number of carbonyl (C=O) groups excluding carboxylic acids is 1. The summed E-state index contributed by atoms with van der Waals surface area (Å²) in [5.74, 6) is 2.37. The van der Waals surface area contributed by atoms with Crippen molar-refractivity contribution in [2.45, 2.75) is 38.6 Å². The smallest absolute Gasteiger partial charge is 0.229 e. The minimum Gasteiger partial charge on any atom is -0.494 e. The average Bonchev–Trinajstić information content (AvgIpc) is 2.66. The first kappa shape index (κ1) is 21.1. The number of amides is 1. The molecule has 0 radical (unpaired) electrons. The molecular formula is C20H33N3O2S. The third-order valence-electron chi connectivity index (χ3n) is 4.41. The SMILES string of the molecule is NCCSCC(=O)NCCCCOc1cccc(CN2CCCCC2)c1. The van der Waals surface area contributed by atoms with Gasteiger partial charge in [0, 0.05) is 25.4 Å². The molecule has 1 fully saturated rings. The molecule has 0 aromatic heterocycles. The molecule has 1 saturated heterocycles. The maximum Gasteiger partial charge on any atom is 0.229 e. The summed E-state index contributed by atoms with van der Waals surface area (Å²) in [4.78, 5) is 14.1. The predicted octanol–water partition coefficient (Wildman–Crippen LogP) is 2.64. The molecule has 0 aliphatic carbocycles. The van der Waals surface area contributed by atoms with Crippen molar-refractivity contribution < 1.29 is 9.53 Å². The molecule has 1 aromatic carbocycles. The summed E-state index contributed by atoms with van der Waals surface area (Å²) in [5, 5.41) is 2.93. The van der Waals surface area contributed by atoms with Crippen LogP contribution in [0.2, 0.25) is 0 Å². The average molecular weight is 380 g/mol. The molecule has 0 saturated carbocycles. The molecular weight excluding hydrogens is 346 g/mol. The Labute approximate surface area is 162 Å². The first-order chi connectivity index (χ1) is 12.8. The number of benzene rings is 1. The second-order valence-electron chi connectivity index (χ2n) is 6.73. The van der Waals surface area contributed by atoms with Crippen LogP contribution in [0.15, 0.2) is 24.3 Å². The number of carbonyl (C=O) groups is 1. The molecule has 146 valence electrons. The Balaban J connectivity index is 1.56. The highest BCUT2D eigenvalue weighted by Crippen LogP contribution is 2.17. The molecule has 0 bridgehead atoms. The number of hydrogen-bond acceptors (Lipinski definition) is 5. The highest BCUT2D eigenvalue weighted by molar-refractivity contribution is 7.99. The van der Waals surface area contributed by atoms with Crippen LogP contribution in [0.5, 0.6) is 5.75 Å². The van der Waals surface area contributed by atoms with E-state index in [0.29, 0.717) is 25.4 Å². The van der Waals surface area contributed by atoms with Gasteiger partial charge in [-0.3, -0.25) is 9.69 Å². The van der Waals surface area contributed by atoms with E-state index in [1.165, 1.54) is 37.9 Å². The van der Waals surface area contributed by atoms with Crippen molar-refractivity contribution in [3.05, 3.63) is 29.8 Å². The Morgan fingerprint density at radius 2 is 2.08 bits per heavy atom. The Bertz CT molecular complexity index is 522. The number of nitrogens with two attached hydrogens (primary N) is 1. The van der Waals surface area contributed by atoms with Crippen LogP contribution in [0.1, 0.15) is 37.7 Å².